The highest BCUT2D eigenvalue weighted by molar-refractivity contribution is 5.73. The first-order chi connectivity index (χ1) is 19.3. The maximum Gasteiger partial charge on any atom is 0.312 e. The Morgan fingerprint density at radius 2 is 1.20 bits per heavy atom. The van der Waals surface area contributed by atoms with E-state index in [0.29, 0.717) is 6.42 Å². The summed E-state index contributed by atoms with van der Waals surface area (Å²) >= 11 is 0. The highest BCUT2D eigenvalue weighted by atomic mass is 16.5. The molecule has 7 N–H and O–H groups in total. The van der Waals surface area contributed by atoms with E-state index in [-0.39, 0.29) is 38.0 Å². The number of aliphatic carboxylic acids is 1. The van der Waals surface area contributed by atoms with Crippen LogP contribution < -0.4 is 0 Å². The minimum atomic E-state index is -1.54. The Kier molecular flexibility index (Phi) is 17.3. The Balaban J connectivity index is 2.99. The van der Waals surface area contributed by atoms with E-state index in [1.54, 1.807) is 43.4 Å². The Morgan fingerprint density at radius 1 is 0.707 bits per heavy atom. The third-order valence-electron chi connectivity index (χ3n) is 7.21. The lowest BCUT2D eigenvalue weighted by Crippen LogP contribution is -2.39. The third kappa shape index (κ3) is 14.7. The van der Waals surface area contributed by atoms with Crippen LogP contribution in [0.4, 0.5) is 0 Å². The lowest BCUT2D eigenvalue weighted by Gasteiger charge is -2.25. The number of carboxylic acid groups (broad SMARTS) is 1. The first kappa shape index (κ1) is 36.4. The lowest BCUT2D eigenvalue weighted by molar-refractivity contribution is -0.158. The molecule has 0 aromatic rings. The molecule has 1 rings (SSSR count). The number of ether oxygens (including phenoxy) is 1. The summed E-state index contributed by atoms with van der Waals surface area (Å²) in [6.45, 7) is 5.16. The molecule has 10 atom stereocenters. The van der Waals surface area contributed by atoms with Crippen LogP contribution in [0.1, 0.15) is 59.3 Å². The highest BCUT2D eigenvalue weighted by Crippen LogP contribution is 2.21. The van der Waals surface area contributed by atoms with Gasteiger partial charge in [0.15, 0.2) is 0 Å². The zero-order valence-corrected chi connectivity index (χ0v) is 24.1. The van der Waals surface area contributed by atoms with Crippen LogP contribution in [0, 0.1) is 17.8 Å². The van der Waals surface area contributed by atoms with Crippen molar-refractivity contribution in [3.8, 4) is 0 Å². The van der Waals surface area contributed by atoms with Gasteiger partial charge in [0.25, 0.3) is 0 Å². The summed E-state index contributed by atoms with van der Waals surface area (Å²) in [5.41, 5.74) is 0. The van der Waals surface area contributed by atoms with E-state index in [1.807, 2.05) is 19.1 Å². The van der Waals surface area contributed by atoms with E-state index in [2.05, 4.69) is 0 Å². The SMILES string of the molecule is C[C@@H]1\C=C/C=C/C=C/C=C/C=C[C@H](O)C(C(=O)O)[C@@H](O)C[C@@H](O)CCC[C@@H](O)C[C@@H](O)C[C@@H](O)[C@H](C)C(=O)O[C@H]1C. The van der Waals surface area contributed by atoms with E-state index < -0.39 is 66.5 Å². The van der Waals surface area contributed by atoms with Crippen LogP contribution in [0.2, 0.25) is 0 Å². The van der Waals surface area contributed by atoms with Gasteiger partial charge in [0, 0.05) is 18.8 Å². The van der Waals surface area contributed by atoms with Gasteiger partial charge in [-0.3, -0.25) is 9.59 Å². The van der Waals surface area contributed by atoms with Crippen molar-refractivity contribution in [2.24, 2.45) is 17.8 Å². The molecule has 0 aromatic heterocycles. The highest BCUT2D eigenvalue weighted by Gasteiger charge is 2.33. The van der Waals surface area contributed by atoms with E-state index in [0.717, 1.165) is 0 Å². The predicted octanol–water partition coefficient (Wildman–Crippen LogP) is 2.19. The van der Waals surface area contributed by atoms with Crippen molar-refractivity contribution in [1.29, 1.82) is 0 Å². The van der Waals surface area contributed by atoms with Crippen LogP contribution in [-0.4, -0.2) is 90.4 Å². The molecule has 1 aliphatic rings. The molecule has 232 valence electrons. The molecular formula is C31H48O10. The third-order valence-corrected chi connectivity index (χ3v) is 7.21. The Bertz CT molecular complexity index is 924. The smallest absolute Gasteiger partial charge is 0.312 e. The van der Waals surface area contributed by atoms with Gasteiger partial charge in [-0.1, -0.05) is 67.7 Å². The molecule has 0 aliphatic carbocycles. The van der Waals surface area contributed by atoms with Gasteiger partial charge in [-0.25, -0.2) is 0 Å². The van der Waals surface area contributed by atoms with Gasteiger partial charge in [-0.15, -0.1) is 0 Å². The number of esters is 1. The fraction of sp³-hybridized carbons (Fsp3) is 0.613. The zero-order valence-electron chi connectivity index (χ0n) is 24.1. The van der Waals surface area contributed by atoms with Crippen molar-refractivity contribution >= 4 is 11.9 Å². The molecule has 10 heteroatoms. The molecule has 1 unspecified atom stereocenters. The molecule has 0 spiro atoms. The van der Waals surface area contributed by atoms with Gasteiger partial charge in [0.2, 0.25) is 0 Å². The summed E-state index contributed by atoms with van der Waals surface area (Å²) in [6.07, 6.45) is 9.26. The standard InChI is InChI=1S/C31H48O10/c1-20-13-10-8-6-4-5-7-9-11-16-26(35)29(30(38)39)28(37)18-24(33)15-12-14-23(32)17-25(34)19-27(36)21(2)31(40)41-22(20)3/h4-11,13,16,20-29,32-37H,12,14-15,17-19H2,1-3H3,(H,38,39)/b5-4+,8-6+,9-7+,13-10-,16-11?/t20-,21+,22+,23-,24+,25-,26+,27-,28+,29?/m1/s1. The summed E-state index contributed by atoms with van der Waals surface area (Å²) in [5, 5.41) is 71.6. The fourth-order valence-corrected chi connectivity index (χ4v) is 4.32. The molecule has 1 aliphatic heterocycles. The molecule has 0 saturated carbocycles. The molecule has 1 heterocycles. The minimum absolute atomic E-state index is 0.0491. The average Bonchev–Trinajstić information content (AvgIpc) is 2.87. The quantitative estimate of drug-likeness (QED) is 0.227. The number of allylic oxidation sites excluding steroid dienone is 8. The van der Waals surface area contributed by atoms with Crippen molar-refractivity contribution in [3.05, 3.63) is 60.8 Å². The fourth-order valence-electron chi connectivity index (χ4n) is 4.32. The maximum atomic E-state index is 12.5. The van der Waals surface area contributed by atoms with Crippen LogP contribution in [0.5, 0.6) is 0 Å². The monoisotopic (exact) mass is 580 g/mol. The predicted molar refractivity (Wildman–Crippen MR) is 154 cm³/mol. The summed E-state index contributed by atoms with van der Waals surface area (Å²) in [7, 11) is 0. The van der Waals surface area contributed by atoms with Crippen LogP contribution in [0.3, 0.4) is 0 Å². The number of aliphatic hydroxyl groups excluding tert-OH is 6. The number of cyclic esters (lactones) is 1. The molecular weight excluding hydrogens is 532 g/mol. The minimum Gasteiger partial charge on any atom is -0.481 e. The van der Waals surface area contributed by atoms with E-state index in [1.165, 1.54) is 19.1 Å². The van der Waals surface area contributed by atoms with Gasteiger partial charge < -0.3 is 40.5 Å². The second-order valence-electron chi connectivity index (χ2n) is 10.8. The van der Waals surface area contributed by atoms with Crippen molar-refractivity contribution in [2.75, 3.05) is 0 Å². The molecule has 0 amide bonds. The van der Waals surface area contributed by atoms with Crippen molar-refractivity contribution in [1.82, 2.24) is 0 Å². The first-order valence-electron chi connectivity index (χ1n) is 14.2. The Hall–Kier alpha value is -2.60. The molecule has 0 aromatic carbocycles. The number of carboxylic acids is 1. The van der Waals surface area contributed by atoms with Crippen molar-refractivity contribution in [3.63, 3.8) is 0 Å². The van der Waals surface area contributed by atoms with E-state index >= 15 is 0 Å². The number of aliphatic hydroxyl groups is 6. The number of carbonyl (C=O) groups is 2. The lowest BCUT2D eigenvalue weighted by atomic mass is 9.90. The first-order valence-corrected chi connectivity index (χ1v) is 14.2. The van der Waals surface area contributed by atoms with E-state index in [4.69, 9.17) is 4.74 Å². The van der Waals surface area contributed by atoms with Gasteiger partial charge in [0.1, 0.15) is 12.0 Å². The van der Waals surface area contributed by atoms with Gasteiger partial charge in [-0.05, 0) is 39.5 Å². The summed E-state index contributed by atoms with van der Waals surface area (Å²) in [6, 6.07) is 0. The molecule has 0 fully saturated rings. The number of rotatable bonds is 1. The Morgan fingerprint density at radius 3 is 1.76 bits per heavy atom. The van der Waals surface area contributed by atoms with Crippen LogP contribution in [-0.2, 0) is 14.3 Å². The van der Waals surface area contributed by atoms with Crippen LogP contribution >= 0.6 is 0 Å². The van der Waals surface area contributed by atoms with Crippen LogP contribution in [0.15, 0.2) is 60.8 Å². The van der Waals surface area contributed by atoms with Crippen LogP contribution in [0.25, 0.3) is 0 Å². The molecule has 0 radical (unpaired) electrons. The summed E-state index contributed by atoms with van der Waals surface area (Å²) in [4.78, 5) is 24.2. The molecule has 10 nitrogen and oxygen atoms in total. The maximum absolute atomic E-state index is 12.5. The van der Waals surface area contributed by atoms with Crippen molar-refractivity contribution < 1.29 is 50.1 Å². The second-order valence-corrected chi connectivity index (χ2v) is 10.8. The summed E-state index contributed by atoms with van der Waals surface area (Å²) < 4.78 is 5.50. The molecule has 0 saturated heterocycles. The largest absolute Gasteiger partial charge is 0.481 e. The average molecular weight is 581 g/mol. The number of carbonyl (C=O) groups excluding carboxylic acids is 1. The summed E-state index contributed by atoms with van der Waals surface area (Å²) in [5.74, 6) is -4.51. The normalized spacial score (nSPS) is 39.4. The zero-order chi connectivity index (χ0) is 30.9. The van der Waals surface area contributed by atoms with E-state index in [9.17, 15) is 45.3 Å². The molecule has 41 heavy (non-hydrogen) atoms. The Labute approximate surface area is 242 Å². The van der Waals surface area contributed by atoms with Gasteiger partial charge >= 0.3 is 11.9 Å². The molecule has 0 bridgehead atoms. The topological polar surface area (TPSA) is 185 Å². The van der Waals surface area contributed by atoms with Crippen molar-refractivity contribution in [2.45, 2.75) is 102 Å². The second kappa shape index (κ2) is 19.5. The number of hydrogen-bond acceptors (Lipinski definition) is 9. The number of hydrogen-bond donors (Lipinski definition) is 7. The van der Waals surface area contributed by atoms with Gasteiger partial charge in [-0.2, -0.15) is 0 Å². The van der Waals surface area contributed by atoms with Gasteiger partial charge in [0.05, 0.1) is 42.5 Å².